The van der Waals surface area contributed by atoms with E-state index in [0.29, 0.717) is 5.41 Å². The van der Waals surface area contributed by atoms with Crippen LogP contribution in [0, 0.1) is 17.3 Å². The minimum atomic E-state index is 0.477. The third kappa shape index (κ3) is 4.22. The van der Waals surface area contributed by atoms with Gasteiger partial charge in [-0.1, -0.05) is 20.8 Å². The molecule has 0 aromatic heterocycles. The normalized spacial score (nSPS) is 34.8. The number of nitrogens with zero attached hydrogens (tertiary/aromatic N) is 1. The molecule has 3 heteroatoms. The molecule has 2 atom stereocenters. The lowest BCUT2D eigenvalue weighted by Gasteiger charge is -2.41. The highest BCUT2D eigenvalue weighted by Gasteiger charge is 2.30. The summed E-state index contributed by atoms with van der Waals surface area (Å²) in [7, 11) is 0. The van der Waals surface area contributed by atoms with Crippen LogP contribution in [-0.2, 0) is 4.74 Å². The van der Waals surface area contributed by atoms with Gasteiger partial charge < -0.3 is 15.0 Å². The molecule has 2 heterocycles. The average Bonchev–Trinajstić information content (AvgIpc) is 2.27. The van der Waals surface area contributed by atoms with E-state index in [4.69, 9.17) is 4.74 Å². The molecule has 2 saturated heterocycles. The highest BCUT2D eigenvalue weighted by molar-refractivity contribution is 4.83. The first-order valence-corrected chi connectivity index (χ1v) is 7.58. The van der Waals surface area contributed by atoms with Gasteiger partial charge in [-0.15, -0.1) is 0 Å². The smallest absolute Gasteiger partial charge is 0.0471 e. The molecular weight excluding hydrogens is 224 g/mol. The molecule has 0 aromatic rings. The molecular formula is C15H30N2O. The highest BCUT2D eigenvalue weighted by atomic mass is 16.5. The van der Waals surface area contributed by atoms with Gasteiger partial charge in [0.15, 0.2) is 0 Å². The van der Waals surface area contributed by atoms with Crippen molar-refractivity contribution >= 4 is 0 Å². The Morgan fingerprint density at radius 2 is 1.67 bits per heavy atom. The largest absolute Gasteiger partial charge is 0.381 e. The Morgan fingerprint density at radius 3 is 2.22 bits per heavy atom. The van der Waals surface area contributed by atoms with Gasteiger partial charge in [0.2, 0.25) is 0 Å². The Kier molecular flexibility index (Phi) is 5.05. The molecule has 2 rings (SSSR count). The van der Waals surface area contributed by atoms with Gasteiger partial charge >= 0.3 is 0 Å². The van der Waals surface area contributed by atoms with E-state index in [2.05, 4.69) is 31.0 Å². The van der Waals surface area contributed by atoms with Crippen LogP contribution in [0.15, 0.2) is 0 Å². The van der Waals surface area contributed by atoms with Crippen LogP contribution < -0.4 is 5.32 Å². The average molecular weight is 254 g/mol. The summed E-state index contributed by atoms with van der Waals surface area (Å²) in [5.41, 5.74) is 0.477. The second kappa shape index (κ2) is 6.36. The second-order valence-electron chi connectivity index (χ2n) is 6.99. The SMILES string of the molecule is CC1CNCC(C)CN(CC2(C)CCOCC2)C1. The van der Waals surface area contributed by atoms with Crippen molar-refractivity contribution in [1.29, 1.82) is 0 Å². The van der Waals surface area contributed by atoms with Gasteiger partial charge in [-0.2, -0.15) is 0 Å². The lowest BCUT2D eigenvalue weighted by Crippen LogP contribution is -2.47. The third-order valence-corrected chi connectivity index (χ3v) is 4.43. The summed E-state index contributed by atoms with van der Waals surface area (Å²) in [4.78, 5) is 2.71. The van der Waals surface area contributed by atoms with Gasteiger partial charge in [0.1, 0.15) is 0 Å². The van der Waals surface area contributed by atoms with E-state index >= 15 is 0 Å². The Bertz CT molecular complexity index is 239. The highest BCUT2D eigenvalue weighted by Crippen LogP contribution is 2.31. The van der Waals surface area contributed by atoms with Crippen molar-refractivity contribution in [3.8, 4) is 0 Å². The molecule has 0 aromatic carbocycles. The minimum absolute atomic E-state index is 0.477. The number of ether oxygens (including phenoxy) is 1. The van der Waals surface area contributed by atoms with E-state index in [1.165, 1.54) is 45.6 Å². The standard InChI is InChI=1S/C15H30N2O/c1-13-8-16-9-14(2)11-17(10-13)12-15(3)4-6-18-7-5-15/h13-14,16H,4-12H2,1-3H3. The lowest BCUT2D eigenvalue weighted by atomic mass is 9.81. The van der Waals surface area contributed by atoms with Crippen molar-refractivity contribution in [3.05, 3.63) is 0 Å². The quantitative estimate of drug-likeness (QED) is 0.815. The maximum absolute atomic E-state index is 5.51. The lowest BCUT2D eigenvalue weighted by molar-refractivity contribution is -0.000355. The summed E-state index contributed by atoms with van der Waals surface area (Å²) >= 11 is 0. The Morgan fingerprint density at radius 1 is 1.11 bits per heavy atom. The van der Waals surface area contributed by atoms with Crippen LogP contribution in [0.1, 0.15) is 33.6 Å². The van der Waals surface area contributed by atoms with Gasteiger partial charge in [0.25, 0.3) is 0 Å². The van der Waals surface area contributed by atoms with Crippen LogP contribution in [0.4, 0.5) is 0 Å². The molecule has 0 spiro atoms. The molecule has 0 saturated carbocycles. The fraction of sp³-hybridized carbons (Fsp3) is 1.00. The van der Waals surface area contributed by atoms with Crippen molar-refractivity contribution in [2.24, 2.45) is 17.3 Å². The summed E-state index contributed by atoms with van der Waals surface area (Å²) in [6.07, 6.45) is 2.45. The van der Waals surface area contributed by atoms with E-state index in [-0.39, 0.29) is 0 Å². The van der Waals surface area contributed by atoms with Crippen LogP contribution >= 0.6 is 0 Å². The number of nitrogens with one attached hydrogen (secondary N) is 1. The van der Waals surface area contributed by atoms with Gasteiger partial charge in [-0.05, 0) is 43.2 Å². The van der Waals surface area contributed by atoms with Crippen molar-refractivity contribution < 1.29 is 4.74 Å². The topological polar surface area (TPSA) is 24.5 Å². The molecule has 0 aliphatic carbocycles. The van der Waals surface area contributed by atoms with Crippen LogP contribution in [0.5, 0.6) is 0 Å². The van der Waals surface area contributed by atoms with E-state index in [0.717, 1.165) is 25.0 Å². The van der Waals surface area contributed by atoms with Crippen LogP contribution in [0.2, 0.25) is 0 Å². The summed E-state index contributed by atoms with van der Waals surface area (Å²) < 4.78 is 5.51. The Labute approximate surface area is 112 Å². The van der Waals surface area contributed by atoms with Crippen LogP contribution in [0.25, 0.3) is 0 Å². The summed E-state index contributed by atoms with van der Waals surface area (Å²) in [5.74, 6) is 1.53. The summed E-state index contributed by atoms with van der Waals surface area (Å²) in [5, 5.41) is 3.57. The van der Waals surface area contributed by atoms with Crippen molar-refractivity contribution in [2.45, 2.75) is 33.6 Å². The zero-order valence-corrected chi connectivity index (χ0v) is 12.4. The van der Waals surface area contributed by atoms with Crippen molar-refractivity contribution in [1.82, 2.24) is 10.2 Å². The molecule has 106 valence electrons. The van der Waals surface area contributed by atoms with E-state index in [1.807, 2.05) is 0 Å². The third-order valence-electron chi connectivity index (χ3n) is 4.43. The monoisotopic (exact) mass is 254 g/mol. The first-order chi connectivity index (χ1) is 8.57. The molecule has 0 radical (unpaired) electrons. The Balaban J connectivity index is 1.91. The predicted octanol–water partition coefficient (Wildman–Crippen LogP) is 1.98. The fourth-order valence-electron chi connectivity index (χ4n) is 3.35. The summed E-state index contributed by atoms with van der Waals surface area (Å²) in [6, 6.07) is 0. The fourth-order valence-corrected chi connectivity index (χ4v) is 3.35. The first kappa shape index (κ1) is 14.3. The number of hydrogen-bond donors (Lipinski definition) is 1. The number of hydrogen-bond acceptors (Lipinski definition) is 3. The maximum Gasteiger partial charge on any atom is 0.0471 e. The molecule has 18 heavy (non-hydrogen) atoms. The first-order valence-electron chi connectivity index (χ1n) is 7.58. The van der Waals surface area contributed by atoms with E-state index < -0.39 is 0 Å². The van der Waals surface area contributed by atoms with Gasteiger partial charge in [-0.3, -0.25) is 0 Å². The molecule has 2 fully saturated rings. The molecule has 0 bridgehead atoms. The molecule has 2 aliphatic heterocycles. The predicted molar refractivity (Wildman–Crippen MR) is 75.8 cm³/mol. The molecule has 0 amide bonds. The zero-order valence-electron chi connectivity index (χ0n) is 12.4. The van der Waals surface area contributed by atoms with E-state index in [9.17, 15) is 0 Å². The van der Waals surface area contributed by atoms with Crippen molar-refractivity contribution in [2.75, 3.05) is 45.9 Å². The number of rotatable bonds is 2. The summed E-state index contributed by atoms with van der Waals surface area (Å²) in [6.45, 7) is 15.2. The Hall–Kier alpha value is -0.120. The molecule has 1 N–H and O–H groups in total. The van der Waals surface area contributed by atoms with E-state index in [1.54, 1.807) is 0 Å². The second-order valence-corrected chi connectivity index (χ2v) is 6.99. The van der Waals surface area contributed by atoms with Crippen LogP contribution in [-0.4, -0.2) is 50.8 Å². The zero-order chi connectivity index (χ0) is 13.0. The minimum Gasteiger partial charge on any atom is -0.381 e. The maximum atomic E-state index is 5.51. The molecule has 2 unspecified atom stereocenters. The van der Waals surface area contributed by atoms with Gasteiger partial charge in [0.05, 0.1) is 0 Å². The van der Waals surface area contributed by atoms with Gasteiger partial charge in [0, 0.05) is 32.8 Å². The molecule has 3 nitrogen and oxygen atoms in total. The molecule has 2 aliphatic rings. The van der Waals surface area contributed by atoms with Crippen LogP contribution in [0.3, 0.4) is 0 Å². The van der Waals surface area contributed by atoms with Crippen molar-refractivity contribution in [3.63, 3.8) is 0 Å². The van der Waals surface area contributed by atoms with Gasteiger partial charge in [-0.25, -0.2) is 0 Å².